The first-order valence-electron chi connectivity index (χ1n) is 8.41. The van der Waals surface area contributed by atoms with Crippen LogP contribution in [0.4, 0.5) is 0 Å². The number of sulfonamides is 1. The normalized spacial score (nSPS) is 16.7. The van der Waals surface area contributed by atoms with Gasteiger partial charge in [0, 0.05) is 37.9 Å². The van der Waals surface area contributed by atoms with Crippen molar-refractivity contribution in [2.24, 2.45) is 7.05 Å². The summed E-state index contributed by atoms with van der Waals surface area (Å²) in [6.07, 6.45) is 4.70. The zero-order chi connectivity index (χ0) is 18.7. The minimum absolute atomic E-state index is 0. The first-order chi connectivity index (χ1) is 12.4. The fraction of sp³-hybridized carbons (Fsp3) is 0.500. The summed E-state index contributed by atoms with van der Waals surface area (Å²) in [4.78, 5) is 14.6. The molecule has 1 atom stereocenters. The van der Waals surface area contributed by atoms with Gasteiger partial charge in [0.2, 0.25) is 15.9 Å². The number of carbonyl (C=O) groups is 1. The van der Waals surface area contributed by atoms with Gasteiger partial charge in [0.1, 0.15) is 10.3 Å². The minimum atomic E-state index is -3.47. The second-order valence-corrected chi connectivity index (χ2v) is 9.21. The highest BCUT2D eigenvalue weighted by atomic mass is 35.5. The van der Waals surface area contributed by atoms with Crippen molar-refractivity contribution in [2.45, 2.75) is 29.1 Å². The van der Waals surface area contributed by atoms with E-state index in [0.717, 1.165) is 5.56 Å². The van der Waals surface area contributed by atoms with Crippen LogP contribution in [0, 0.1) is 0 Å². The maximum Gasteiger partial charge on any atom is 0.250 e. The predicted molar refractivity (Wildman–Crippen MR) is 106 cm³/mol. The van der Waals surface area contributed by atoms with Crippen LogP contribution in [0.15, 0.2) is 34.1 Å². The van der Waals surface area contributed by atoms with E-state index in [0.29, 0.717) is 30.1 Å². The van der Waals surface area contributed by atoms with Crippen LogP contribution < -0.4 is 10.0 Å². The Kier molecular flexibility index (Phi) is 7.40. The van der Waals surface area contributed by atoms with Crippen LogP contribution in [0.2, 0.25) is 0 Å². The van der Waals surface area contributed by atoms with E-state index in [9.17, 15) is 13.2 Å². The largest absolute Gasteiger partial charge is 0.341 e. The van der Waals surface area contributed by atoms with E-state index < -0.39 is 16.1 Å². The van der Waals surface area contributed by atoms with E-state index in [2.05, 4.69) is 15.1 Å². The smallest absolute Gasteiger partial charge is 0.250 e. The van der Waals surface area contributed by atoms with Gasteiger partial charge in [-0.2, -0.15) is 5.10 Å². The molecule has 0 spiro atoms. The van der Waals surface area contributed by atoms with E-state index in [1.54, 1.807) is 40.3 Å². The predicted octanol–water partition coefficient (Wildman–Crippen LogP) is 1.13. The number of thiophene rings is 1. The number of nitrogens with one attached hydrogen (secondary N) is 2. The molecule has 2 aromatic rings. The molecule has 1 saturated heterocycles. The number of nitrogens with zero attached hydrogens (tertiary/aromatic N) is 3. The molecule has 2 N–H and O–H groups in total. The standard InChI is InChI=1S/C16H23N5O3S2.ClH/c1-17-15(12-10-18-20(2)11-12)16(22)21-7-5-13(6-8-21)19-26(23,24)14-4-3-9-25-14;/h3-4,9-11,13,15,17,19H,5-8H2,1-2H3;1H. The molecule has 2 aromatic heterocycles. The molecule has 1 aliphatic heterocycles. The van der Waals surface area contributed by atoms with Gasteiger partial charge in [-0.05, 0) is 31.3 Å². The number of piperidine rings is 1. The van der Waals surface area contributed by atoms with Crippen molar-refractivity contribution >= 4 is 39.7 Å². The number of hydrogen-bond donors (Lipinski definition) is 2. The monoisotopic (exact) mass is 433 g/mol. The summed E-state index contributed by atoms with van der Waals surface area (Å²) in [5.74, 6) is -0.0138. The maximum absolute atomic E-state index is 12.8. The lowest BCUT2D eigenvalue weighted by Gasteiger charge is -2.34. The molecule has 1 unspecified atom stereocenters. The summed E-state index contributed by atoms with van der Waals surface area (Å²) < 4.78 is 29.4. The van der Waals surface area contributed by atoms with Crippen LogP contribution in [-0.4, -0.2) is 55.2 Å². The van der Waals surface area contributed by atoms with Gasteiger partial charge >= 0.3 is 0 Å². The van der Waals surface area contributed by atoms with Crippen molar-refractivity contribution in [3.05, 3.63) is 35.5 Å². The number of hydrogen-bond acceptors (Lipinski definition) is 6. The summed E-state index contributed by atoms with van der Waals surface area (Å²) in [6, 6.07) is 2.72. The Bertz CT molecular complexity index is 845. The molecule has 3 heterocycles. The third kappa shape index (κ3) is 5.08. The molecule has 0 bridgehead atoms. The summed E-state index contributed by atoms with van der Waals surface area (Å²) >= 11 is 1.20. The van der Waals surface area contributed by atoms with Gasteiger partial charge in [-0.25, -0.2) is 13.1 Å². The van der Waals surface area contributed by atoms with Crippen molar-refractivity contribution in [3.8, 4) is 0 Å². The van der Waals surface area contributed by atoms with Gasteiger partial charge in [-0.1, -0.05) is 6.07 Å². The fourth-order valence-corrected chi connectivity index (χ4v) is 5.43. The summed E-state index contributed by atoms with van der Waals surface area (Å²) in [6.45, 7) is 1.05. The Labute approximate surface area is 169 Å². The van der Waals surface area contributed by atoms with E-state index in [4.69, 9.17) is 0 Å². The SMILES string of the molecule is CNC(C(=O)N1CCC(NS(=O)(=O)c2cccs2)CC1)c1cnn(C)c1.Cl. The molecule has 3 rings (SSSR count). The molecule has 0 saturated carbocycles. The Morgan fingerprint density at radius 2 is 2.07 bits per heavy atom. The Balaban J connectivity index is 0.00000261. The second kappa shape index (κ2) is 9.16. The number of aromatic nitrogens is 2. The minimum Gasteiger partial charge on any atom is -0.341 e. The summed E-state index contributed by atoms with van der Waals surface area (Å²) in [7, 11) is 0.0851. The molecule has 150 valence electrons. The number of aryl methyl sites for hydroxylation is 1. The highest BCUT2D eigenvalue weighted by Gasteiger charge is 2.31. The van der Waals surface area contributed by atoms with Crippen molar-refractivity contribution in [1.29, 1.82) is 0 Å². The molecule has 0 radical (unpaired) electrons. The van der Waals surface area contributed by atoms with Gasteiger partial charge in [-0.3, -0.25) is 9.48 Å². The molecule has 1 amide bonds. The first-order valence-corrected chi connectivity index (χ1v) is 10.8. The topological polar surface area (TPSA) is 96.3 Å². The highest BCUT2D eigenvalue weighted by molar-refractivity contribution is 7.91. The molecule has 11 heteroatoms. The molecule has 0 aromatic carbocycles. The van der Waals surface area contributed by atoms with Crippen LogP contribution in [-0.2, 0) is 21.9 Å². The summed E-state index contributed by atoms with van der Waals surface area (Å²) in [5.41, 5.74) is 0.820. The van der Waals surface area contributed by atoms with Crippen LogP contribution >= 0.6 is 23.7 Å². The average Bonchev–Trinajstić information content (AvgIpc) is 3.28. The molecule has 0 aliphatic carbocycles. The number of amides is 1. The quantitative estimate of drug-likeness (QED) is 0.712. The van der Waals surface area contributed by atoms with Crippen LogP contribution in [0.1, 0.15) is 24.4 Å². The van der Waals surface area contributed by atoms with Gasteiger partial charge in [0.25, 0.3) is 0 Å². The van der Waals surface area contributed by atoms with E-state index >= 15 is 0 Å². The van der Waals surface area contributed by atoms with Crippen LogP contribution in [0.25, 0.3) is 0 Å². The van der Waals surface area contributed by atoms with Crippen molar-refractivity contribution in [2.75, 3.05) is 20.1 Å². The lowest BCUT2D eigenvalue weighted by Crippen LogP contribution is -2.49. The number of halogens is 1. The van der Waals surface area contributed by atoms with Gasteiger partial charge in [0.05, 0.1) is 6.20 Å². The summed E-state index contributed by atoms with van der Waals surface area (Å²) in [5, 5.41) is 8.90. The molecule has 27 heavy (non-hydrogen) atoms. The van der Waals surface area contributed by atoms with Crippen molar-refractivity contribution in [1.82, 2.24) is 24.7 Å². The van der Waals surface area contributed by atoms with Crippen LogP contribution in [0.3, 0.4) is 0 Å². The lowest BCUT2D eigenvalue weighted by molar-refractivity contribution is -0.134. The molecular formula is C16H24ClN5O3S2. The first kappa shape index (κ1) is 21.8. The van der Waals surface area contributed by atoms with E-state index in [1.807, 2.05) is 13.2 Å². The van der Waals surface area contributed by atoms with Crippen molar-refractivity contribution in [3.63, 3.8) is 0 Å². The number of rotatable bonds is 6. The molecular weight excluding hydrogens is 410 g/mol. The van der Waals surface area contributed by atoms with Gasteiger partial charge in [-0.15, -0.1) is 23.7 Å². The maximum atomic E-state index is 12.8. The lowest BCUT2D eigenvalue weighted by atomic mass is 10.0. The molecule has 1 aliphatic rings. The number of carbonyl (C=O) groups excluding carboxylic acids is 1. The second-order valence-electron chi connectivity index (χ2n) is 6.32. The van der Waals surface area contributed by atoms with Gasteiger partial charge < -0.3 is 10.2 Å². The number of likely N-dealkylation sites (N-methyl/N-ethyl adjacent to an activating group) is 1. The molecule has 8 nitrogen and oxygen atoms in total. The zero-order valence-electron chi connectivity index (χ0n) is 15.2. The Morgan fingerprint density at radius 3 is 2.59 bits per heavy atom. The Morgan fingerprint density at radius 1 is 1.37 bits per heavy atom. The third-order valence-corrected chi connectivity index (χ3v) is 7.40. The highest BCUT2D eigenvalue weighted by Crippen LogP contribution is 2.21. The van der Waals surface area contributed by atoms with E-state index in [1.165, 1.54) is 11.3 Å². The number of likely N-dealkylation sites (tertiary alicyclic amines) is 1. The van der Waals surface area contributed by atoms with E-state index in [-0.39, 0.29) is 24.4 Å². The zero-order valence-corrected chi connectivity index (χ0v) is 17.6. The van der Waals surface area contributed by atoms with Crippen molar-refractivity contribution < 1.29 is 13.2 Å². The fourth-order valence-electron chi connectivity index (χ4n) is 3.12. The van der Waals surface area contributed by atoms with Gasteiger partial charge in [0.15, 0.2) is 0 Å². The van der Waals surface area contributed by atoms with Crippen LogP contribution in [0.5, 0.6) is 0 Å². The Hall–Kier alpha value is -1.46. The molecule has 1 fully saturated rings. The third-order valence-electron chi connectivity index (χ3n) is 4.48. The average molecular weight is 434 g/mol.